The van der Waals surface area contributed by atoms with Crippen LogP contribution in [0.5, 0.6) is 0 Å². The van der Waals surface area contributed by atoms with Gasteiger partial charge in [-0.25, -0.2) is 0 Å². The van der Waals surface area contributed by atoms with Gasteiger partial charge in [0, 0.05) is 26.8 Å². The number of hydrogen-bond acceptors (Lipinski definition) is 2. The maximum Gasteiger partial charge on any atom is 0.136 e. The van der Waals surface area contributed by atoms with Crippen molar-refractivity contribution in [3.05, 3.63) is 41.4 Å². The van der Waals surface area contributed by atoms with E-state index in [1.54, 1.807) is 0 Å². The Balaban J connectivity index is 2.51. The summed E-state index contributed by atoms with van der Waals surface area (Å²) in [7, 11) is 0. The maximum atomic E-state index is 5.90. The molecule has 0 aliphatic carbocycles. The highest BCUT2D eigenvalue weighted by Crippen LogP contribution is 2.31. The number of fused-ring (bicyclic) bond motifs is 3. The van der Waals surface area contributed by atoms with Crippen LogP contribution in [0.3, 0.4) is 0 Å². The fraction of sp³-hybridized carbons (Fsp3) is 0. The number of furan rings is 1. The predicted octanol–water partition coefficient (Wildman–Crippen LogP) is 4.53. The summed E-state index contributed by atoms with van der Waals surface area (Å²) in [4.78, 5) is 0.896. The van der Waals surface area contributed by atoms with E-state index in [4.69, 9.17) is 16.0 Å². The van der Waals surface area contributed by atoms with Gasteiger partial charge in [0.1, 0.15) is 11.2 Å². The highest BCUT2D eigenvalue weighted by molar-refractivity contribution is 7.80. The Kier molecular flexibility index (Phi) is 1.94. The molecule has 0 fully saturated rings. The van der Waals surface area contributed by atoms with Gasteiger partial charge in [-0.05, 0) is 30.3 Å². The molecule has 0 unspecified atom stereocenters. The third kappa shape index (κ3) is 1.41. The van der Waals surface area contributed by atoms with E-state index in [0.29, 0.717) is 5.02 Å². The van der Waals surface area contributed by atoms with E-state index in [1.165, 1.54) is 0 Å². The SMILES string of the molecule is Sc1ccc2c(c1)oc1cc(Cl)ccc12. The second kappa shape index (κ2) is 3.19. The molecule has 1 heterocycles. The number of benzene rings is 2. The van der Waals surface area contributed by atoms with E-state index in [0.717, 1.165) is 26.8 Å². The minimum atomic E-state index is 0.688. The lowest BCUT2D eigenvalue weighted by Crippen LogP contribution is -1.67. The van der Waals surface area contributed by atoms with Crippen LogP contribution in [0, 0.1) is 0 Å². The van der Waals surface area contributed by atoms with Gasteiger partial charge in [0.15, 0.2) is 0 Å². The highest BCUT2D eigenvalue weighted by atomic mass is 35.5. The molecule has 3 rings (SSSR count). The van der Waals surface area contributed by atoms with Crippen LogP contribution >= 0.6 is 24.2 Å². The van der Waals surface area contributed by atoms with Gasteiger partial charge in [0.25, 0.3) is 0 Å². The first-order valence-electron chi connectivity index (χ1n) is 4.55. The van der Waals surface area contributed by atoms with E-state index >= 15 is 0 Å². The van der Waals surface area contributed by atoms with Crippen LogP contribution in [0.1, 0.15) is 0 Å². The van der Waals surface area contributed by atoms with Gasteiger partial charge in [-0.15, -0.1) is 12.6 Å². The second-order valence-corrected chi connectivity index (χ2v) is 4.38. The molecule has 1 nitrogen and oxygen atoms in total. The van der Waals surface area contributed by atoms with Crippen molar-refractivity contribution in [3.8, 4) is 0 Å². The number of hydrogen-bond donors (Lipinski definition) is 1. The Morgan fingerprint density at radius 2 is 1.60 bits per heavy atom. The third-order valence-corrected chi connectivity index (χ3v) is 2.93. The van der Waals surface area contributed by atoms with Gasteiger partial charge >= 0.3 is 0 Å². The van der Waals surface area contributed by atoms with Crippen molar-refractivity contribution in [3.63, 3.8) is 0 Å². The molecular formula is C12H7ClOS. The summed E-state index contributed by atoms with van der Waals surface area (Å²) in [6.45, 7) is 0. The molecule has 15 heavy (non-hydrogen) atoms. The van der Waals surface area contributed by atoms with Crippen molar-refractivity contribution in [1.82, 2.24) is 0 Å². The molecule has 3 heteroatoms. The average Bonchev–Trinajstić information content (AvgIpc) is 2.53. The monoisotopic (exact) mass is 234 g/mol. The molecule has 3 aromatic rings. The fourth-order valence-corrected chi connectivity index (χ4v) is 2.09. The first-order chi connectivity index (χ1) is 7.24. The summed E-state index contributed by atoms with van der Waals surface area (Å²) in [6.07, 6.45) is 0. The molecule has 0 bridgehead atoms. The van der Waals surface area contributed by atoms with Crippen LogP contribution in [0.15, 0.2) is 45.7 Å². The molecule has 1 aromatic heterocycles. The maximum absolute atomic E-state index is 5.90. The summed E-state index contributed by atoms with van der Waals surface area (Å²) in [5.74, 6) is 0. The summed E-state index contributed by atoms with van der Waals surface area (Å²) in [5, 5.41) is 2.87. The van der Waals surface area contributed by atoms with Gasteiger partial charge < -0.3 is 4.42 Å². The molecular weight excluding hydrogens is 228 g/mol. The Morgan fingerprint density at radius 1 is 0.933 bits per heavy atom. The van der Waals surface area contributed by atoms with Crippen molar-refractivity contribution in [2.75, 3.05) is 0 Å². The van der Waals surface area contributed by atoms with E-state index in [1.807, 2.05) is 36.4 Å². The molecule has 0 N–H and O–H groups in total. The quantitative estimate of drug-likeness (QED) is 0.564. The topological polar surface area (TPSA) is 13.1 Å². The number of halogens is 1. The molecule has 0 aliphatic heterocycles. The molecule has 2 aromatic carbocycles. The lowest BCUT2D eigenvalue weighted by Gasteiger charge is -1.90. The first kappa shape index (κ1) is 9.13. The summed E-state index contributed by atoms with van der Waals surface area (Å²) >= 11 is 10.2. The number of thiol groups is 1. The summed E-state index contributed by atoms with van der Waals surface area (Å²) in [6, 6.07) is 11.5. The summed E-state index contributed by atoms with van der Waals surface area (Å²) in [5.41, 5.74) is 1.66. The molecule has 0 amide bonds. The van der Waals surface area contributed by atoms with E-state index < -0.39 is 0 Å². The highest BCUT2D eigenvalue weighted by Gasteiger charge is 2.06. The lowest BCUT2D eigenvalue weighted by molar-refractivity contribution is 0.668. The minimum Gasteiger partial charge on any atom is -0.456 e. The minimum absolute atomic E-state index is 0.688. The lowest BCUT2D eigenvalue weighted by atomic mass is 10.1. The normalized spacial score (nSPS) is 11.3. The summed E-state index contributed by atoms with van der Waals surface area (Å²) < 4.78 is 5.68. The van der Waals surface area contributed by atoms with Gasteiger partial charge in [0.05, 0.1) is 0 Å². The van der Waals surface area contributed by atoms with Crippen LogP contribution in [-0.2, 0) is 0 Å². The molecule has 0 radical (unpaired) electrons. The van der Waals surface area contributed by atoms with Crippen LogP contribution in [0.25, 0.3) is 21.9 Å². The van der Waals surface area contributed by atoms with E-state index in [-0.39, 0.29) is 0 Å². The predicted molar refractivity (Wildman–Crippen MR) is 66.0 cm³/mol. The Morgan fingerprint density at radius 3 is 2.40 bits per heavy atom. The molecule has 0 saturated carbocycles. The van der Waals surface area contributed by atoms with Crippen LogP contribution in [-0.4, -0.2) is 0 Å². The van der Waals surface area contributed by atoms with Crippen molar-refractivity contribution in [1.29, 1.82) is 0 Å². The number of rotatable bonds is 0. The molecule has 0 aliphatic rings. The van der Waals surface area contributed by atoms with Crippen molar-refractivity contribution >= 4 is 46.2 Å². The van der Waals surface area contributed by atoms with E-state index in [2.05, 4.69) is 12.6 Å². The third-order valence-electron chi connectivity index (χ3n) is 2.42. The fourth-order valence-electron chi connectivity index (χ4n) is 1.74. The second-order valence-electron chi connectivity index (χ2n) is 3.42. The van der Waals surface area contributed by atoms with Gasteiger partial charge in [0.2, 0.25) is 0 Å². The van der Waals surface area contributed by atoms with Crippen LogP contribution in [0.2, 0.25) is 5.02 Å². The Bertz CT molecular complexity index is 601. The van der Waals surface area contributed by atoms with Gasteiger partial charge in [-0.2, -0.15) is 0 Å². The zero-order valence-corrected chi connectivity index (χ0v) is 9.35. The average molecular weight is 235 g/mol. The molecule has 0 spiro atoms. The van der Waals surface area contributed by atoms with Crippen LogP contribution in [0.4, 0.5) is 0 Å². The van der Waals surface area contributed by atoms with E-state index in [9.17, 15) is 0 Å². The zero-order valence-electron chi connectivity index (χ0n) is 7.70. The van der Waals surface area contributed by atoms with Crippen molar-refractivity contribution in [2.45, 2.75) is 4.90 Å². The smallest absolute Gasteiger partial charge is 0.136 e. The first-order valence-corrected chi connectivity index (χ1v) is 5.37. The molecule has 0 atom stereocenters. The van der Waals surface area contributed by atoms with Crippen LogP contribution < -0.4 is 0 Å². The van der Waals surface area contributed by atoms with Gasteiger partial charge in [-0.1, -0.05) is 11.6 Å². The van der Waals surface area contributed by atoms with Crippen molar-refractivity contribution < 1.29 is 4.42 Å². The standard InChI is InChI=1S/C12H7ClOS/c13-7-1-3-9-10-4-2-8(15)6-12(10)14-11(9)5-7/h1-6,15H. The van der Waals surface area contributed by atoms with Gasteiger partial charge in [-0.3, -0.25) is 0 Å². The zero-order chi connectivity index (χ0) is 10.4. The molecule has 0 saturated heterocycles. The Labute approximate surface area is 97.0 Å². The largest absolute Gasteiger partial charge is 0.456 e. The van der Waals surface area contributed by atoms with Crippen molar-refractivity contribution in [2.24, 2.45) is 0 Å². The Hall–Kier alpha value is -1.12. The molecule has 74 valence electrons.